The quantitative estimate of drug-likeness (QED) is 0.524. The summed E-state index contributed by atoms with van der Waals surface area (Å²) in [4.78, 5) is 17.3. The lowest BCUT2D eigenvalue weighted by atomic mass is 10.1. The Morgan fingerprint density at radius 3 is 2.71 bits per heavy atom. The molecule has 2 aromatic carbocycles. The molecule has 0 aliphatic heterocycles. The van der Waals surface area contributed by atoms with E-state index in [-0.39, 0.29) is 6.04 Å². The van der Waals surface area contributed by atoms with Gasteiger partial charge >= 0.3 is 6.03 Å². The van der Waals surface area contributed by atoms with E-state index < -0.39 is 6.03 Å². The van der Waals surface area contributed by atoms with Gasteiger partial charge in [0.05, 0.1) is 12.6 Å². The Balaban J connectivity index is 1.92. The van der Waals surface area contributed by atoms with Crippen LogP contribution in [0, 0.1) is 0 Å². The SMILES string of the molecule is CCCCON(C(N)=O)C(C)c1ccc2c(c1)oc1ccccc12. The van der Waals surface area contributed by atoms with Crippen molar-refractivity contribution in [3.63, 3.8) is 0 Å². The van der Waals surface area contributed by atoms with Crippen LogP contribution in [0.5, 0.6) is 0 Å². The van der Waals surface area contributed by atoms with Crippen molar-refractivity contribution in [3.8, 4) is 0 Å². The number of unbranched alkanes of at least 4 members (excludes halogenated alkanes) is 1. The molecule has 0 saturated heterocycles. The number of carbonyl (C=O) groups is 1. The van der Waals surface area contributed by atoms with Gasteiger partial charge in [0.2, 0.25) is 0 Å². The fraction of sp³-hybridized carbons (Fsp3) is 0.316. The average Bonchev–Trinajstić information content (AvgIpc) is 2.95. The van der Waals surface area contributed by atoms with Crippen molar-refractivity contribution in [2.45, 2.75) is 32.7 Å². The minimum Gasteiger partial charge on any atom is -0.456 e. The summed E-state index contributed by atoms with van der Waals surface area (Å²) in [6, 6.07) is 13.0. The Morgan fingerprint density at radius 1 is 1.21 bits per heavy atom. The maximum absolute atomic E-state index is 11.7. The van der Waals surface area contributed by atoms with E-state index in [0.29, 0.717) is 6.61 Å². The van der Waals surface area contributed by atoms with Crippen molar-refractivity contribution in [2.24, 2.45) is 5.73 Å². The van der Waals surface area contributed by atoms with Gasteiger partial charge < -0.3 is 10.2 Å². The zero-order chi connectivity index (χ0) is 17.1. The molecule has 1 aromatic heterocycles. The second-order valence-corrected chi connectivity index (χ2v) is 5.88. The molecule has 0 spiro atoms. The summed E-state index contributed by atoms with van der Waals surface area (Å²) in [6.07, 6.45) is 1.87. The lowest BCUT2D eigenvalue weighted by Gasteiger charge is -2.26. The first-order valence-electron chi connectivity index (χ1n) is 8.24. The van der Waals surface area contributed by atoms with Gasteiger partial charge in [0, 0.05) is 10.8 Å². The molecule has 2 N–H and O–H groups in total. The Morgan fingerprint density at radius 2 is 1.96 bits per heavy atom. The van der Waals surface area contributed by atoms with Crippen molar-refractivity contribution in [1.82, 2.24) is 5.06 Å². The van der Waals surface area contributed by atoms with Gasteiger partial charge in [0.15, 0.2) is 0 Å². The first-order valence-corrected chi connectivity index (χ1v) is 8.24. The molecule has 0 aliphatic rings. The summed E-state index contributed by atoms with van der Waals surface area (Å²) >= 11 is 0. The molecule has 0 radical (unpaired) electrons. The van der Waals surface area contributed by atoms with E-state index in [1.165, 1.54) is 5.06 Å². The van der Waals surface area contributed by atoms with E-state index in [4.69, 9.17) is 15.0 Å². The Kier molecular flexibility index (Phi) is 4.71. The molecule has 0 saturated carbocycles. The lowest BCUT2D eigenvalue weighted by molar-refractivity contribution is -0.140. The molecular formula is C19H22N2O3. The number of nitrogens with zero attached hydrogens (tertiary/aromatic N) is 1. The van der Waals surface area contributed by atoms with Crippen LogP contribution in [-0.4, -0.2) is 17.7 Å². The number of nitrogens with two attached hydrogens (primary N) is 1. The number of benzene rings is 2. The van der Waals surface area contributed by atoms with Crippen LogP contribution in [0.15, 0.2) is 46.9 Å². The largest absolute Gasteiger partial charge is 0.456 e. The van der Waals surface area contributed by atoms with Crippen LogP contribution >= 0.6 is 0 Å². The van der Waals surface area contributed by atoms with Gasteiger partial charge in [-0.3, -0.25) is 4.84 Å². The van der Waals surface area contributed by atoms with Gasteiger partial charge in [-0.25, -0.2) is 4.79 Å². The molecule has 0 bridgehead atoms. The monoisotopic (exact) mass is 326 g/mol. The fourth-order valence-electron chi connectivity index (χ4n) is 2.81. The van der Waals surface area contributed by atoms with Crippen molar-refractivity contribution < 1.29 is 14.0 Å². The number of primary amides is 1. The second-order valence-electron chi connectivity index (χ2n) is 5.88. The van der Waals surface area contributed by atoms with Gasteiger partial charge in [-0.1, -0.05) is 43.7 Å². The molecule has 5 heteroatoms. The van der Waals surface area contributed by atoms with Crippen LogP contribution in [-0.2, 0) is 4.84 Å². The Bertz CT molecular complexity index is 856. The number of rotatable bonds is 6. The zero-order valence-electron chi connectivity index (χ0n) is 14.0. The summed E-state index contributed by atoms with van der Waals surface area (Å²) in [5.41, 5.74) is 8.02. The first-order chi connectivity index (χ1) is 11.6. The van der Waals surface area contributed by atoms with Gasteiger partial charge in [-0.05, 0) is 31.0 Å². The average molecular weight is 326 g/mol. The normalized spacial score (nSPS) is 12.6. The molecular weight excluding hydrogens is 304 g/mol. The molecule has 5 nitrogen and oxygen atoms in total. The van der Waals surface area contributed by atoms with Crippen LogP contribution in [0.4, 0.5) is 4.79 Å². The van der Waals surface area contributed by atoms with E-state index in [2.05, 4.69) is 6.92 Å². The number of hydroxylamine groups is 2. The Hall–Kier alpha value is -2.53. The highest BCUT2D eigenvalue weighted by Gasteiger charge is 2.21. The first kappa shape index (κ1) is 16.3. The molecule has 3 aromatic rings. The fourth-order valence-corrected chi connectivity index (χ4v) is 2.81. The molecule has 0 aliphatic carbocycles. The van der Waals surface area contributed by atoms with Gasteiger partial charge in [-0.15, -0.1) is 0 Å². The third kappa shape index (κ3) is 3.08. The van der Waals surface area contributed by atoms with Crippen LogP contribution in [0.2, 0.25) is 0 Å². The highest BCUT2D eigenvalue weighted by atomic mass is 16.7. The summed E-state index contributed by atoms with van der Waals surface area (Å²) in [6.45, 7) is 4.42. The number of urea groups is 1. The Labute approximate surface area is 140 Å². The molecule has 1 heterocycles. The van der Waals surface area contributed by atoms with Crippen molar-refractivity contribution in [2.75, 3.05) is 6.61 Å². The smallest absolute Gasteiger partial charge is 0.339 e. The number of furan rings is 1. The van der Waals surface area contributed by atoms with E-state index in [1.54, 1.807) is 0 Å². The summed E-state index contributed by atoms with van der Waals surface area (Å²) < 4.78 is 5.91. The highest BCUT2D eigenvalue weighted by Crippen LogP contribution is 2.31. The third-order valence-electron chi connectivity index (χ3n) is 4.18. The van der Waals surface area contributed by atoms with Gasteiger partial charge in [0.1, 0.15) is 11.2 Å². The number of amides is 2. The molecule has 1 atom stereocenters. The maximum Gasteiger partial charge on any atom is 0.339 e. The second kappa shape index (κ2) is 6.93. The van der Waals surface area contributed by atoms with Crippen LogP contribution in [0.3, 0.4) is 0 Å². The van der Waals surface area contributed by atoms with Crippen molar-refractivity contribution in [1.29, 1.82) is 0 Å². The number of hydrogen-bond acceptors (Lipinski definition) is 3. The number of hydrogen-bond donors (Lipinski definition) is 1. The molecule has 24 heavy (non-hydrogen) atoms. The number of fused-ring (bicyclic) bond motifs is 3. The maximum atomic E-state index is 11.7. The minimum atomic E-state index is -0.594. The molecule has 0 fully saturated rings. The van der Waals surface area contributed by atoms with Crippen LogP contribution < -0.4 is 5.73 Å². The van der Waals surface area contributed by atoms with Crippen LogP contribution in [0.1, 0.15) is 38.3 Å². The topological polar surface area (TPSA) is 68.7 Å². The molecule has 1 unspecified atom stereocenters. The van der Waals surface area contributed by atoms with Gasteiger partial charge in [0.25, 0.3) is 0 Å². The van der Waals surface area contributed by atoms with Gasteiger partial charge in [-0.2, -0.15) is 5.06 Å². The van der Waals surface area contributed by atoms with E-state index in [0.717, 1.165) is 40.3 Å². The van der Waals surface area contributed by atoms with E-state index >= 15 is 0 Å². The summed E-state index contributed by atoms with van der Waals surface area (Å²) in [5, 5.41) is 3.37. The predicted molar refractivity (Wildman–Crippen MR) is 94.4 cm³/mol. The highest BCUT2D eigenvalue weighted by molar-refractivity contribution is 6.04. The van der Waals surface area contributed by atoms with Crippen molar-refractivity contribution >= 4 is 28.0 Å². The standard InChI is InChI=1S/C19H22N2O3/c1-3-4-11-23-21(19(20)22)13(2)14-9-10-16-15-7-5-6-8-17(15)24-18(16)12-14/h5-10,12-13H,3-4,11H2,1-2H3,(H2,20,22). The van der Waals surface area contributed by atoms with Crippen molar-refractivity contribution in [3.05, 3.63) is 48.0 Å². The zero-order valence-corrected chi connectivity index (χ0v) is 14.0. The molecule has 2 amide bonds. The lowest BCUT2D eigenvalue weighted by Crippen LogP contribution is -2.38. The van der Waals surface area contributed by atoms with Crippen LogP contribution in [0.25, 0.3) is 21.9 Å². The predicted octanol–water partition coefficient (Wildman–Crippen LogP) is 4.76. The van der Waals surface area contributed by atoms with E-state index in [1.807, 2.05) is 49.4 Å². The minimum absolute atomic E-state index is 0.294. The number of para-hydroxylation sites is 1. The summed E-state index contributed by atoms with van der Waals surface area (Å²) in [7, 11) is 0. The van der Waals surface area contributed by atoms with E-state index in [9.17, 15) is 4.79 Å². The third-order valence-corrected chi connectivity index (χ3v) is 4.18. The number of carbonyl (C=O) groups excluding carboxylic acids is 1. The molecule has 126 valence electrons. The molecule has 3 rings (SSSR count). The summed E-state index contributed by atoms with van der Waals surface area (Å²) in [5.74, 6) is 0.